The van der Waals surface area contributed by atoms with Crippen LogP contribution in [0.4, 0.5) is 0 Å². The van der Waals surface area contributed by atoms with Crippen molar-refractivity contribution >= 4 is 24.2 Å². The normalized spacial score (nSPS) is 41.6. The summed E-state index contributed by atoms with van der Waals surface area (Å²) in [5.41, 5.74) is -1.49. The maximum absolute atomic E-state index is 13.2. The highest BCUT2D eigenvalue weighted by molar-refractivity contribution is 5.72. The third-order valence-electron chi connectivity index (χ3n) is 10.6. The van der Waals surface area contributed by atoms with Crippen molar-refractivity contribution in [1.82, 2.24) is 4.90 Å². The summed E-state index contributed by atoms with van der Waals surface area (Å²) >= 11 is 0. The second-order valence-electron chi connectivity index (χ2n) is 15.7. The van der Waals surface area contributed by atoms with Crippen LogP contribution in [0.2, 0.25) is 0 Å². The first-order valence-corrected chi connectivity index (χ1v) is 19.6. The third-order valence-corrected chi connectivity index (χ3v) is 10.6. The summed E-state index contributed by atoms with van der Waals surface area (Å²) in [6.45, 7) is 11.3. The molecule has 0 radical (unpaired) electrons. The van der Waals surface area contributed by atoms with Gasteiger partial charge in [0.1, 0.15) is 42.4 Å². The van der Waals surface area contributed by atoms with E-state index in [1.165, 1.54) is 14.0 Å². The summed E-state index contributed by atoms with van der Waals surface area (Å²) in [5.74, 6) is -2.92. The lowest BCUT2D eigenvalue weighted by molar-refractivity contribution is -0.344. The molecule has 16 atom stereocenters. The van der Waals surface area contributed by atoms with Crippen LogP contribution in [0.15, 0.2) is 24.3 Å². The molecular weight excluding hydrogens is 734 g/mol. The van der Waals surface area contributed by atoms with Crippen LogP contribution in [-0.2, 0) is 57.1 Å². The minimum atomic E-state index is -1.49. The van der Waals surface area contributed by atoms with Gasteiger partial charge in [-0.3, -0.25) is 14.4 Å². The lowest BCUT2D eigenvalue weighted by atomic mass is 9.82. The van der Waals surface area contributed by atoms with Crippen molar-refractivity contribution in [3.8, 4) is 0 Å². The van der Waals surface area contributed by atoms with Gasteiger partial charge in [0.05, 0.1) is 36.9 Å². The Labute approximate surface area is 330 Å². The van der Waals surface area contributed by atoms with E-state index in [1.807, 2.05) is 6.92 Å². The van der Waals surface area contributed by atoms with Crippen molar-refractivity contribution in [2.75, 3.05) is 21.2 Å². The van der Waals surface area contributed by atoms with Crippen molar-refractivity contribution in [2.24, 2.45) is 11.8 Å². The highest BCUT2D eigenvalue weighted by Gasteiger charge is 2.53. The van der Waals surface area contributed by atoms with E-state index in [9.17, 15) is 34.5 Å². The second kappa shape index (κ2) is 21.8. The van der Waals surface area contributed by atoms with Gasteiger partial charge in [-0.25, -0.2) is 0 Å². The van der Waals surface area contributed by atoms with Gasteiger partial charge in [0, 0.05) is 39.7 Å². The molecule has 320 valence electrons. The number of nitrogens with zero attached hydrogens (tertiary/aromatic N) is 1. The minimum Gasteiger partial charge on any atom is -0.462 e. The summed E-state index contributed by atoms with van der Waals surface area (Å²) in [7, 11) is 4.85. The number of carbonyl (C=O) groups excluding carboxylic acids is 4. The Hall–Kier alpha value is -2.80. The highest BCUT2D eigenvalue weighted by atomic mass is 16.7. The first-order chi connectivity index (χ1) is 26.3. The number of hydrogen-bond acceptors (Lipinski definition) is 16. The van der Waals surface area contributed by atoms with E-state index in [-0.39, 0.29) is 25.7 Å². The first-order valence-electron chi connectivity index (χ1n) is 19.6. The standard InChI is InChI=1S/C40H65NO15/c1-11-30(45)54-38-25(5)51-32(21-40(38,7)48)55-35-24(4)52-39(34(47)33(35)41(8)9)56-36-27(17-18-42)19-22(2)28(44)16-14-12-13-15-23(3)50-31(46)20-29(37(36)49-10)53-26(6)43/h12-14,16,18,22-25,27-29,32-39,44,47-48H,11,15,17,19-21H2,1-10H3/b13-12+,16-14+/t22-,23-,24+,25+,27+,28+,29-,32-,33-,34+,35-,36+,37+,38+,39+,40-/m1/s1. The predicted octanol–water partition coefficient (Wildman–Crippen LogP) is 2.38. The molecule has 3 heterocycles. The Balaban J connectivity index is 2.00. The quantitative estimate of drug-likeness (QED) is 0.156. The molecule has 16 heteroatoms. The molecule has 2 saturated heterocycles. The average Bonchev–Trinajstić information content (AvgIpc) is 3.09. The molecule has 3 rings (SSSR count). The number of allylic oxidation sites excluding steroid dienone is 2. The number of likely N-dealkylation sites (N-methyl/N-ethyl adjacent to an activating group) is 1. The number of aliphatic hydroxyl groups excluding tert-OH is 2. The fourth-order valence-electron chi connectivity index (χ4n) is 7.78. The lowest BCUT2D eigenvalue weighted by Crippen LogP contribution is -2.66. The van der Waals surface area contributed by atoms with Gasteiger partial charge in [0.2, 0.25) is 0 Å². The zero-order valence-corrected chi connectivity index (χ0v) is 34.5. The molecule has 0 aromatic carbocycles. The Bertz CT molecular complexity index is 1340. The Kier molecular flexibility index (Phi) is 18.5. The van der Waals surface area contributed by atoms with Crippen LogP contribution in [0, 0.1) is 11.8 Å². The number of methoxy groups -OCH3 is 1. The topological polar surface area (TPSA) is 206 Å². The van der Waals surface area contributed by atoms with E-state index in [1.54, 1.807) is 77.9 Å². The maximum Gasteiger partial charge on any atom is 0.309 e. The van der Waals surface area contributed by atoms with Gasteiger partial charge in [-0.05, 0) is 60.0 Å². The number of esters is 3. The van der Waals surface area contributed by atoms with Gasteiger partial charge in [0.25, 0.3) is 0 Å². The summed E-state index contributed by atoms with van der Waals surface area (Å²) < 4.78 is 48.2. The van der Waals surface area contributed by atoms with Gasteiger partial charge in [0.15, 0.2) is 18.7 Å². The lowest BCUT2D eigenvalue weighted by Gasteiger charge is -2.50. The number of carbonyl (C=O) groups is 4. The van der Waals surface area contributed by atoms with Crippen LogP contribution < -0.4 is 0 Å². The van der Waals surface area contributed by atoms with Crippen LogP contribution in [-0.4, -0.2) is 151 Å². The molecule has 0 aromatic rings. The highest BCUT2D eigenvalue weighted by Crippen LogP contribution is 2.37. The molecule has 0 aromatic heterocycles. The number of rotatable bonds is 11. The summed E-state index contributed by atoms with van der Waals surface area (Å²) in [4.78, 5) is 51.7. The number of hydrogen-bond donors (Lipinski definition) is 3. The number of aliphatic hydroxyl groups is 3. The van der Waals surface area contributed by atoms with Crippen LogP contribution in [0.25, 0.3) is 0 Å². The van der Waals surface area contributed by atoms with Crippen molar-refractivity contribution in [2.45, 2.75) is 172 Å². The Morgan fingerprint density at radius 3 is 2.30 bits per heavy atom. The van der Waals surface area contributed by atoms with E-state index in [0.29, 0.717) is 12.7 Å². The van der Waals surface area contributed by atoms with Gasteiger partial charge < -0.3 is 62.9 Å². The summed E-state index contributed by atoms with van der Waals surface area (Å²) in [6, 6.07) is -0.778. The van der Waals surface area contributed by atoms with Crippen LogP contribution in [0.5, 0.6) is 0 Å². The average molecular weight is 800 g/mol. The molecule has 0 saturated carbocycles. The summed E-state index contributed by atoms with van der Waals surface area (Å²) in [5, 5.41) is 34.4. The third kappa shape index (κ3) is 13.1. The van der Waals surface area contributed by atoms with Crippen LogP contribution >= 0.6 is 0 Å². The maximum atomic E-state index is 13.2. The van der Waals surface area contributed by atoms with Gasteiger partial charge in [-0.2, -0.15) is 0 Å². The summed E-state index contributed by atoms with van der Waals surface area (Å²) in [6.07, 6.45) is -4.12. The Morgan fingerprint density at radius 2 is 1.71 bits per heavy atom. The molecule has 0 aliphatic carbocycles. The molecule has 2 fully saturated rings. The van der Waals surface area contributed by atoms with Gasteiger partial charge in [-0.15, -0.1) is 0 Å². The molecule has 0 unspecified atom stereocenters. The predicted molar refractivity (Wildman–Crippen MR) is 201 cm³/mol. The molecule has 0 spiro atoms. The zero-order valence-electron chi connectivity index (χ0n) is 34.5. The molecule has 56 heavy (non-hydrogen) atoms. The van der Waals surface area contributed by atoms with E-state index < -0.39 is 121 Å². The number of aldehydes is 1. The number of cyclic esters (lactones) is 1. The second-order valence-corrected chi connectivity index (χ2v) is 15.7. The Morgan fingerprint density at radius 1 is 1.02 bits per heavy atom. The zero-order chi connectivity index (χ0) is 41.9. The molecule has 3 aliphatic rings. The van der Waals surface area contributed by atoms with Crippen LogP contribution in [0.1, 0.15) is 87.0 Å². The van der Waals surface area contributed by atoms with Gasteiger partial charge >= 0.3 is 17.9 Å². The van der Waals surface area contributed by atoms with Crippen molar-refractivity contribution in [3.05, 3.63) is 24.3 Å². The fourth-order valence-corrected chi connectivity index (χ4v) is 7.78. The van der Waals surface area contributed by atoms with E-state index in [0.717, 1.165) is 0 Å². The van der Waals surface area contributed by atoms with E-state index in [4.69, 9.17) is 37.9 Å². The molecule has 0 bridgehead atoms. The van der Waals surface area contributed by atoms with Gasteiger partial charge in [-0.1, -0.05) is 38.2 Å². The molecular formula is C40H65NO15. The molecule has 3 aliphatic heterocycles. The monoisotopic (exact) mass is 799 g/mol. The van der Waals surface area contributed by atoms with Crippen LogP contribution in [0.3, 0.4) is 0 Å². The van der Waals surface area contributed by atoms with E-state index in [2.05, 4.69) is 0 Å². The number of ether oxygens (including phenoxy) is 8. The van der Waals surface area contributed by atoms with Crippen molar-refractivity contribution in [1.29, 1.82) is 0 Å². The van der Waals surface area contributed by atoms with E-state index >= 15 is 0 Å². The van der Waals surface area contributed by atoms with Crippen molar-refractivity contribution < 1.29 is 72.4 Å². The molecule has 0 amide bonds. The largest absolute Gasteiger partial charge is 0.462 e. The smallest absolute Gasteiger partial charge is 0.309 e. The van der Waals surface area contributed by atoms with Crippen molar-refractivity contribution in [3.63, 3.8) is 0 Å². The minimum absolute atomic E-state index is 0.0440. The fraction of sp³-hybridized carbons (Fsp3) is 0.800. The first kappa shape index (κ1) is 47.6. The molecule has 3 N–H and O–H groups in total. The molecule has 16 nitrogen and oxygen atoms in total. The SMILES string of the molecule is CCC(=O)O[C@H]1[C@H](C)O[C@H](O[C@H]2[C@H](N(C)C)[C@H](O)[C@H](O[C@H]3[C@@H](CC=O)C[C@@H](C)[C@@H](O)/C=C/C=C/C[C@@H](C)OC(=O)C[C@@H](OC(C)=O)[C@@H]3OC)O[C@H]2C)C[C@@]1(C)O.